The largest absolute Gasteiger partial charge is 0.396 e. The Morgan fingerprint density at radius 3 is 2.89 bits per heavy atom. The Morgan fingerprint density at radius 1 is 1.21 bits per heavy atom. The molecule has 5 nitrogen and oxygen atoms in total. The monoisotopic (exact) mass is 396 g/mol. The molecule has 0 radical (unpaired) electrons. The number of benzene rings is 1. The SMILES string of the molecule is Cc1ccc(-n2cccn2)c(CN2CCN(Cc3ccsc3)[C@H](CCO)C2)c1. The second-order valence-corrected chi connectivity index (χ2v) is 8.37. The Balaban J connectivity index is 1.48. The van der Waals surface area contributed by atoms with Crippen LogP contribution in [0.5, 0.6) is 0 Å². The van der Waals surface area contributed by atoms with Crippen molar-refractivity contribution in [3.8, 4) is 5.69 Å². The van der Waals surface area contributed by atoms with Crippen LogP contribution in [0.4, 0.5) is 0 Å². The van der Waals surface area contributed by atoms with Gasteiger partial charge in [0.25, 0.3) is 0 Å². The molecule has 148 valence electrons. The second-order valence-electron chi connectivity index (χ2n) is 7.59. The van der Waals surface area contributed by atoms with E-state index in [0.717, 1.165) is 44.8 Å². The summed E-state index contributed by atoms with van der Waals surface area (Å²) in [6.45, 7) is 7.32. The molecule has 1 fully saturated rings. The molecule has 0 amide bonds. The zero-order valence-electron chi connectivity index (χ0n) is 16.4. The van der Waals surface area contributed by atoms with E-state index >= 15 is 0 Å². The van der Waals surface area contributed by atoms with Crippen molar-refractivity contribution in [2.45, 2.75) is 32.5 Å². The molecule has 0 aliphatic carbocycles. The highest BCUT2D eigenvalue weighted by atomic mass is 32.1. The Labute approximate surface area is 170 Å². The maximum absolute atomic E-state index is 9.59. The molecule has 1 N–H and O–H groups in total. The number of aromatic nitrogens is 2. The summed E-state index contributed by atoms with van der Waals surface area (Å²) in [7, 11) is 0. The number of aryl methyl sites for hydroxylation is 1. The van der Waals surface area contributed by atoms with E-state index in [1.165, 1.54) is 16.7 Å². The molecule has 6 heteroatoms. The van der Waals surface area contributed by atoms with Gasteiger partial charge in [-0.15, -0.1) is 0 Å². The Kier molecular flexibility index (Phi) is 6.22. The average molecular weight is 397 g/mol. The van der Waals surface area contributed by atoms with Gasteiger partial charge in [-0.3, -0.25) is 9.80 Å². The number of piperazine rings is 1. The summed E-state index contributed by atoms with van der Waals surface area (Å²) in [6, 6.07) is 11.1. The van der Waals surface area contributed by atoms with Gasteiger partial charge in [0, 0.05) is 57.8 Å². The minimum atomic E-state index is 0.238. The number of thiophene rings is 1. The Hall–Kier alpha value is -1.99. The molecule has 3 aromatic rings. The van der Waals surface area contributed by atoms with Crippen LogP contribution in [0, 0.1) is 6.92 Å². The van der Waals surface area contributed by atoms with Gasteiger partial charge in [0.1, 0.15) is 0 Å². The minimum absolute atomic E-state index is 0.238. The lowest BCUT2D eigenvalue weighted by Gasteiger charge is -2.41. The van der Waals surface area contributed by atoms with Gasteiger partial charge in [-0.2, -0.15) is 16.4 Å². The first-order valence-corrected chi connectivity index (χ1v) is 10.8. The van der Waals surface area contributed by atoms with Crippen molar-refractivity contribution in [1.82, 2.24) is 19.6 Å². The topological polar surface area (TPSA) is 44.5 Å². The van der Waals surface area contributed by atoms with Crippen molar-refractivity contribution in [2.75, 3.05) is 26.2 Å². The van der Waals surface area contributed by atoms with Crippen LogP contribution in [-0.4, -0.2) is 57.0 Å². The molecule has 1 aliphatic rings. The summed E-state index contributed by atoms with van der Waals surface area (Å²) in [5.41, 5.74) is 5.10. The van der Waals surface area contributed by atoms with Crippen LogP contribution in [0.15, 0.2) is 53.5 Å². The van der Waals surface area contributed by atoms with Gasteiger partial charge in [0.05, 0.1) is 5.69 Å². The molecule has 1 saturated heterocycles. The molecule has 0 saturated carbocycles. The molecule has 0 bridgehead atoms. The van der Waals surface area contributed by atoms with Crippen molar-refractivity contribution in [3.63, 3.8) is 0 Å². The van der Waals surface area contributed by atoms with Gasteiger partial charge >= 0.3 is 0 Å². The molecule has 2 aromatic heterocycles. The summed E-state index contributed by atoms with van der Waals surface area (Å²) in [5.74, 6) is 0. The van der Waals surface area contributed by atoms with Gasteiger partial charge in [-0.1, -0.05) is 17.7 Å². The van der Waals surface area contributed by atoms with E-state index in [9.17, 15) is 5.11 Å². The van der Waals surface area contributed by atoms with E-state index in [1.54, 1.807) is 11.3 Å². The molecule has 28 heavy (non-hydrogen) atoms. The minimum Gasteiger partial charge on any atom is -0.396 e. The number of nitrogens with zero attached hydrogens (tertiary/aromatic N) is 4. The smallest absolute Gasteiger partial charge is 0.0690 e. The molecular weight excluding hydrogens is 368 g/mol. The van der Waals surface area contributed by atoms with Crippen LogP contribution in [0.25, 0.3) is 5.69 Å². The lowest BCUT2D eigenvalue weighted by atomic mass is 10.0. The molecule has 1 atom stereocenters. The van der Waals surface area contributed by atoms with Crippen LogP contribution < -0.4 is 0 Å². The van der Waals surface area contributed by atoms with Crippen molar-refractivity contribution < 1.29 is 5.11 Å². The molecule has 0 spiro atoms. The highest BCUT2D eigenvalue weighted by Gasteiger charge is 2.27. The van der Waals surface area contributed by atoms with Crippen LogP contribution in [0.1, 0.15) is 23.1 Å². The van der Waals surface area contributed by atoms with Crippen LogP contribution >= 0.6 is 11.3 Å². The fraction of sp³-hybridized carbons (Fsp3) is 0.409. The number of aliphatic hydroxyl groups is 1. The lowest BCUT2D eigenvalue weighted by Crippen LogP contribution is -2.52. The first kappa shape index (κ1) is 19.3. The molecule has 0 unspecified atom stereocenters. The van der Waals surface area contributed by atoms with E-state index in [4.69, 9.17) is 0 Å². The zero-order valence-corrected chi connectivity index (χ0v) is 17.2. The van der Waals surface area contributed by atoms with E-state index in [0.29, 0.717) is 6.04 Å². The first-order valence-electron chi connectivity index (χ1n) is 9.91. The predicted octanol–water partition coefficient (Wildman–Crippen LogP) is 3.31. The lowest BCUT2D eigenvalue weighted by molar-refractivity contribution is 0.0500. The van der Waals surface area contributed by atoms with E-state index < -0.39 is 0 Å². The fourth-order valence-corrected chi connectivity index (χ4v) is 4.73. The average Bonchev–Trinajstić information content (AvgIpc) is 3.38. The Bertz CT molecular complexity index is 863. The summed E-state index contributed by atoms with van der Waals surface area (Å²) < 4.78 is 1.95. The number of hydrogen-bond donors (Lipinski definition) is 1. The van der Waals surface area contributed by atoms with Gasteiger partial charge in [-0.25, -0.2) is 4.68 Å². The summed E-state index contributed by atoms with van der Waals surface area (Å²) >= 11 is 1.75. The molecule has 1 aromatic carbocycles. The van der Waals surface area contributed by atoms with Gasteiger partial charge in [0.2, 0.25) is 0 Å². The summed E-state index contributed by atoms with van der Waals surface area (Å²) in [4.78, 5) is 5.05. The van der Waals surface area contributed by atoms with Crippen molar-refractivity contribution >= 4 is 11.3 Å². The number of hydrogen-bond acceptors (Lipinski definition) is 5. The third-order valence-corrected chi connectivity index (χ3v) is 6.23. The molecule has 4 rings (SSSR count). The maximum Gasteiger partial charge on any atom is 0.0690 e. The predicted molar refractivity (Wildman–Crippen MR) is 114 cm³/mol. The normalized spacial score (nSPS) is 18.6. The Morgan fingerprint density at radius 2 is 2.14 bits per heavy atom. The third-order valence-electron chi connectivity index (χ3n) is 5.50. The van der Waals surface area contributed by atoms with Gasteiger partial charge in [-0.05, 0) is 53.4 Å². The quantitative estimate of drug-likeness (QED) is 0.665. The van der Waals surface area contributed by atoms with Crippen LogP contribution in [0.3, 0.4) is 0 Å². The summed E-state index contributed by atoms with van der Waals surface area (Å²) in [5, 5.41) is 18.4. The highest BCUT2D eigenvalue weighted by molar-refractivity contribution is 7.07. The van der Waals surface area contributed by atoms with Gasteiger partial charge in [0.15, 0.2) is 0 Å². The zero-order chi connectivity index (χ0) is 19.3. The van der Waals surface area contributed by atoms with Crippen molar-refractivity contribution in [3.05, 3.63) is 70.2 Å². The molecular formula is C22H28N4OS. The van der Waals surface area contributed by atoms with Crippen LogP contribution in [0.2, 0.25) is 0 Å². The second kappa shape index (κ2) is 9.01. The van der Waals surface area contributed by atoms with Crippen molar-refractivity contribution in [2.24, 2.45) is 0 Å². The number of aliphatic hydroxyl groups excluding tert-OH is 1. The van der Waals surface area contributed by atoms with Crippen molar-refractivity contribution in [1.29, 1.82) is 0 Å². The summed E-state index contributed by atoms with van der Waals surface area (Å²) in [6.07, 6.45) is 4.64. The third kappa shape index (κ3) is 4.52. The fourth-order valence-electron chi connectivity index (χ4n) is 4.07. The van der Waals surface area contributed by atoms with E-state index in [2.05, 4.69) is 56.8 Å². The van der Waals surface area contributed by atoms with E-state index in [1.807, 2.05) is 23.1 Å². The molecule has 1 aliphatic heterocycles. The number of rotatable bonds is 7. The first-order chi connectivity index (χ1) is 13.7. The van der Waals surface area contributed by atoms with Crippen LogP contribution in [-0.2, 0) is 13.1 Å². The standard InChI is InChI=1S/C22H28N4OS/c1-18-3-4-22(26-8-2-7-23-26)20(13-18)15-24-9-10-25(21(16-24)5-11-27)14-19-6-12-28-17-19/h2-4,6-8,12-13,17,21,27H,5,9-11,14-16H2,1H3/t21-/m1/s1. The van der Waals surface area contributed by atoms with E-state index in [-0.39, 0.29) is 6.61 Å². The maximum atomic E-state index is 9.59. The molecule has 3 heterocycles. The van der Waals surface area contributed by atoms with Gasteiger partial charge < -0.3 is 5.11 Å². The highest BCUT2D eigenvalue weighted by Crippen LogP contribution is 2.22.